The lowest BCUT2D eigenvalue weighted by molar-refractivity contribution is 0.240. The Morgan fingerprint density at radius 2 is 2.00 bits per heavy atom. The normalized spacial score (nSPS) is 14.4. The first-order chi connectivity index (χ1) is 10.0. The summed E-state index contributed by atoms with van der Waals surface area (Å²) in [5.74, 6) is 1.21. The van der Waals surface area contributed by atoms with Gasteiger partial charge in [0.05, 0.1) is 10.0 Å². The largest absolute Gasteiger partial charge is 0.313 e. The van der Waals surface area contributed by atoms with Gasteiger partial charge < -0.3 is 10.2 Å². The molecule has 0 saturated carbocycles. The van der Waals surface area contributed by atoms with Crippen LogP contribution in [-0.2, 0) is 0 Å². The molecule has 0 saturated heterocycles. The van der Waals surface area contributed by atoms with Crippen molar-refractivity contribution in [2.45, 2.75) is 31.8 Å². The van der Waals surface area contributed by atoms with E-state index in [0.717, 1.165) is 18.5 Å². The fraction of sp³-hybridized carbons (Fsp3) is 0.625. The van der Waals surface area contributed by atoms with E-state index in [2.05, 4.69) is 30.4 Å². The summed E-state index contributed by atoms with van der Waals surface area (Å²) in [7, 11) is 4.16. The Morgan fingerprint density at radius 1 is 1.29 bits per heavy atom. The van der Waals surface area contributed by atoms with Crippen molar-refractivity contribution in [3.05, 3.63) is 33.8 Å². The van der Waals surface area contributed by atoms with E-state index < -0.39 is 0 Å². The Balaban J connectivity index is 2.60. The number of nitrogens with one attached hydrogen (secondary N) is 1. The lowest BCUT2D eigenvalue weighted by Crippen LogP contribution is -2.32. The van der Waals surface area contributed by atoms with Gasteiger partial charge in [-0.25, -0.2) is 0 Å². The Kier molecular flexibility index (Phi) is 9.07. The summed E-state index contributed by atoms with van der Waals surface area (Å²) in [6.45, 7) is 3.32. The van der Waals surface area contributed by atoms with Crippen molar-refractivity contribution >= 4 is 35.0 Å². The zero-order valence-electron chi connectivity index (χ0n) is 13.3. The van der Waals surface area contributed by atoms with Crippen molar-refractivity contribution in [1.29, 1.82) is 0 Å². The molecular weight excluding hydrogens is 323 g/mol. The lowest BCUT2D eigenvalue weighted by atomic mass is 10.0. The molecule has 0 bridgehead atoms. The highest BCUT2D eigenvalue weighted by Crippen LogP contribution is 2.31. The number of halogens is 2. The van der Waals surface area contributed by atoms with Crippen LogP contribution in [-0.4, -0.2) is 43.6 Å². The smallest absolute Gasteiger partial charge is 0.0640 e. The highest BCUT2D eigenvalue weighted by Gasteiger charge is 2.16. The van der Waals surface area contributed by atoms with Crippen molar-refractivity contribution in [2.75, 3.05) is 32.6 Å². The molecule has 120 valence electrons. The molecule has 1 aromatic rings. The fourth-order valence-electron chi connectivity index (χ4n) is 2.31. The van der Waals surface area contributed by atoms with Crippen LogP contribution in [0.15, 0.2) is 18.2 Å². The Morgan fingerprint density at radius 3 is 2.62 bits per heavy atom. The maximum absolute atomic E-state index is 6.32. The first kappa shape index (κ1) is 19.1. The van der Waals surface area contributed by atoms with Gasteiger partial charge in [-0.15, -0.1) is 0 Å². The van der Waals surface area contributed by atoms with Gasteiger partial charge in [0.2, 0.25) is 0 Å². The van der Waals surface area contributed by atoms with Gasteiger partial charge in [0.1, 0.15) is 0 Å². The minimum absolute atomic E-state index is 0.228. The number of hydrogen-bond donors (Lipinski definition) is 1. The third-order valence-corrected chi connectivity index (χ3v) is 5.45. The van der Waals surface area contributed by atoms with Gasteiger partial charge in [-0.2, -0.15) is 11.8 Å². The van der Waals surface area contributed by atoms with Crippen LogP contribution in [0.2, 0.25) is 10.0 Å². The molecule has 0 radical (unpaired) electrons. The van der Waals surface area contributed by atoms with Crippen molar-refractivity contribution in [3.63, 3.8) is 0 Å². The first-order valence-corrected chi connectivity index (χ1v) is 9.46. The van der Waals surface area contributed by atoms with Gasteiger partial charge in [0.15, 0.2) is 0 Å². The van der Waals surface area contributed by atoms with E-state index in [1.807, 2.05) is 37.0 Å². The van der Waals surface area contributed by atoms with E-state index in [4.69, 9.17) is 23.2 Å². The highest BCUT2D eigenvalue weighted by atomic mass is 35.5. The molecule has 1 aromatic carbocycles. The predicted molar refractivity (Wildman–Crippen MR) is 98.0 cm³/mol. The lowest BCUT2D eigenvalue weighted by Gasteiger charge is -2.27. The standard InChI is InChI=1S/C16H26Cl2N2S/c1-12(9-11-21-4)20(3)10-8-15(19-2)13-6-5-7-14(17)16(13)18/h5-7,12,15,19H,8-11H2,1-4H3. The molecule has 2 nitrogen and oxygen atoms in total. The molecule has 5 heteroatoms. The van der Waals surface area contributed by atoms with Gasteiger partial charge in [0, 0.05) is 12.1 Å². The van der Waals surface area contributed by atoms with Crippen LogP contribution in [0.1, 0.15) is 31.4 Å². The van der Waals surface area contributed by atoms with Crippen molar-refractivity contribution in [3.8, 4) is 0 Å². The number of benzene rings is 1. The van der Waals surface area contributed by atoms with Gasteiger partial charge in [-0.1, -0.05) is 35.3 Å². The van der Waals surface area contributed by atoms with Crippen molar-refractivity contribution < 1.29 is 0 Å². The molecule has 0 aliphatic carbocycles. The molecule has 0 spiro atoms. The van der Waals surface area contributed by atoms with E-state index >= 15 is 0 Å². The van der Waals surface area contributed by atoms with E-state index in [1.165, 1.54) is 12.2 Å². The summed E-state index contributed by atoms with van der Waals surface area (Å²) < 4.78 is 0. The van der Waals surface area contributed by atoms with Gasteiger partial charge >= 0.3 is 0 Å². The molecule has 2 unspecified atom stereocenters. The van der Waals surface area contributed by atoms with Crippen LogP contribution in [0.4, 0.5) is 0 Å². The maximum atomic E-state index is 6.32. The second-order valence-electron chi connectivity index (χ2n) is 5.38. The van der Waals surface area contributed by atoms with E-state index in [1.54, 1.807) is 0 Å². The summed E-state index contributed by atoms with van der Waals surface area (Å²) in [5, 5.41) is 4.63. The van der Waals surface area contributed by atoms with Gasteiger partial charge in [-0.05, 0) is 64.0 Å². The Bertz CT molecular complexity index is 429. The minimum Gasteiger partial charge on any atom is -0.313 e. The molecule has 0 heterocycles. The zero-order chi connectivity index (χ0) is 15.8. The van der Waals surface area contributed by atoms with E-state index in [-0.39, 0.29) is 6.04 Å². The van der Waals surface area contributed by atoms with Crippen LogP contribution in [0.25, 0.3) is 0 Å². The SMILES string of the molecule is CNC(CCN(C)C(C)CCSC)c1cccc(Cl)c1Cl. The number of hydrogen-bond acceptors (Lipinski definition) is 3. The molecule has 0 aliphatic heterocycles. The van der Waals surface area contributed by atoms with Crippen LogP contribution in [0.3, 0.4) is 0 Å². The third kappa shape index (κ3) is 5.99. The summed E-state index contributed by atoms with van der Waals surface area (Å²) >= 11 is 14.3. The average molecular weight is 349 g/mol. The quantitative estimate of drug-likeness (QED) is 0.695. The van der Waals surface area contributed by atoms with Crippen LogP contribution in [0.5, 0.6) is 0 Å². The number of thioether (sulfide) groups is 1. The number of rotatable bonds is 9. The topological polar surface area (TPSA) is 15.3 Å². The molecule has 0 fully saturated rings. The molecule has 0 amide bonds. The summed E-state index contributed by atoms with van der Waals surface area (Å²) in [4.78, 5) is 2.42. The van der Waals surface area contributed by atoms with Crippen molar-refractivity contribution in [2.24, 2.45) is 0 Å². The molecular formula is C16H26Cl2N2S. The molecule has 1 rings (SSSR count). The van der Waals surface area contributed by atoms with Crippen LogP contribution in [0, 0.1) is 0 Å². The minimum atomic E-state index is 0.228. The molecule has 2 atom stereocenters. The Hall–Kier alpha value is 0.0700. The fourth-order valence-corrected chi connectivity index (χ4v) is 3.32. The number of nitrogens with zero attached hydrogens (tertiary/aromatic N) is 1. The van der Waals surface area contributed by atoms with Gasteiger partial charge in [-0.3, -0.25) is 0 Å². The third-order valence-electron chi connectivity index (χ3n) is 3.97. The summed E-state index contributed by atoms with van der Waals surface area (Å²) in [5.41, 5.74) is 1.08. The average Bonchev–Trinajstić information content (AvgIpc) is 2.49. The van der Waals surface area contributed by atoms with E-state index in [0.29, 0.717) is 16.1 Å². The summed E-state index contributed by atoms with van der Waals surface area (Å²) in [6.07, 6.45) is 4.39. The van der Waals surface area contributed by atoms with E-state index in [9.17, 15) is 0 Å². The predicted octanol–water partition coefficient (Wildman–Crippen LogP) is 4.72. The van der Waals surface area contributed by atoms with Gasteiger partial charge in [0.25, 0.3) is 0 Å². The molecule has 0 aromatic heterocycles. The van der Waals surface area contributed by atoms with Crippen molar-refractivity contribution in [1.82, 2.24) is 10.2 Å². The Labute approximate surface area is 143 Å². The second-order valence-corrected chi connectivity index (χ2v) is 7.15. The zero-order valence-corrected chi connectivity index (χ0v) is 15.7. The highest BCUT2D eigenvalue weighted by molar-refractivity contribution is 7.98. The monoisotopic (exact) mass is 348 g/mol. The first-order valence-electron chi connectivity index (χ1n) is 7.31. The van der Waals surface area contributed by atoms with Crippen LogP contribution >= 0.6 is 35.0 Å². The maximum Gasteiger partial charge on any atom is 0.0640 e. The molecule has 21 heavy (non-hydrogen) atoms. The summed E-state index contributed by atoms with van der Waals surface area (Å²) in [6, 6.07) is 6.67. The van der Waals surface area contributed by atoms with Crippen LogP contribution < -0.4 is 5.32 Å². The molecule has 0 aliphatic rings. The second kappa shape index (κ2) is 9.96. The molecule has 1 N–H and O–H groups in total.